The minimum Gasteiger partial charge on any atom is -0.491 e. The van der Waals surface area contributed by atoms with Crippen molar-refractivity contribution in [2.75, 3.05) is 6.61 Å². The van der Waals surface area contributed by atoms with Gasteiger partial charge in [-0.25, -0.2) is 4.39 Å². The lowest BCUT2D eigenvalue weighted by molar-refractivity contribution is 0.0892. The van der Waals surface area contributed by atoms with Crippen molar-refractivity contribution < 1.29 is 14.2 Å². The number of aliphatic hydroxyl groups is 1. The molecule has 0 saturated heterocycles. The lowest BCUT2D eigenvalue weighted by Crippen LogP contribution is -2.19. The third-order valence-electron chi connectivity index (χ3n) is 2.73. The van der Waals surface area contributed by atoms with Crippen LogP contribution < -0.4 is 4.74 Å². The van der Waals surface area contributed by atoms with E-state index in [2.05, 4.69) is 0 Å². The maximum absolute atomic E-state index is 13.1. The summed E-state index contributed by atoms with van der Waals surface area (Å²) >= 11 is 0. The summed E-state index contributed by atoms with van der Waals surface area (Å²) < 4.78 is 18.4. The molecule has 1 unspecified atom stereocenters. The summed E-state index contributed by atoms with van der Waals surface area (Å²) in [6.07, 6.45) is 1.74. The van der Waals surface area contributed by atoms with Crippen molar-refractivity contribution in [2.45, 2.75) is 25.9 Å². The fourth-order valence-corrected chi connectivity index (χ4v) is 1.46. The first-order valence-corrected chi connectivity index (χ1v) is 5.24. The normalized spacial score (nSPS) is 17.5. The molecule has 0 heterocycles. The maximum atomic E-state index is 13.1. The minimum absolute atomic E-state index is 0.257. The van der Waals surface area contributed by atoms with Gasteiger partial charge in [0.1, 0.15) is 18.2 Å². The van der Waals surface area contributed by atoms with Gasteiger partial charge in [-0.2, -0.15) is 0 Å². The Hall–Kier alpha value is -1.09. The first-order chi connectivity index (χ1) is 7.16. The Morgan fingerprint density at radius 2 is 2.27 bits per heavy atom. The topological polar surface area (TPSA) is 29.5 Å². The summed E-state index contributed by atoms with van der Waals surface area (Å²) in [5, 5.41) is 9.56. The first-order valence-electron chi connectivity index (χ1n) is 5.24. The Morgan fingerprint density at radius 1 is 1.53 bits per heavy atom. The summed E-state index contributed by atoms with van der Waals surface area (Å²) in [7, 11) is 0. The molecular formula is C12H15FO2. The van der Waals surface area contributed by atoms with E-state index in [-0.39, 0.29) is 12.4 Å². The summed E-state index contributed by atoms with van der Waals surface area (Å²) in [6.45, 7) is 1.96. The molecule has 1 saturated carbocycles. The summed E-state index contributed by atoms with van der Waals surface area (Å²) in [4.78, 5) is 0. The molecule has 0 aromatic heterocycles. The molecule has 3 heteroatoms. The van der Waals surface area contributed by atoms with Crippen molar-refractivity contribution >= 4 is 0 Å². The van der Waals surface area contributed by atoms with Crippen molar-refractivity contribution in [3.05, 3.63) is 29.6 Å². The van der Waals surface area contributed by atoms with Crippen molar-refractivity contribution in [1.82, 2.24) is 0 Å². The van der Waals surface area contributed by atoms with E-state index in [1.165, 1.54) is 6.07 Å². The summed E-state index contributed by atoms with van der Waals surface area (Å²) in [5.41, 5.74) is 0.602. The number of benzene rings is 1. The highest BCUT2D eigenvalue weighted by Crippen LogP contribution is 2.32. The van der Waals surface area contributed by atoms with Gasteiger partial charge in [-0.05, 0) is 37.3 Å². The predicted molar refractivity (Wildman–Crippen MR) is 55.4 cm³/mol. The first kappa shape index (κ1) is 10.4. The van der Waals surface area contributed by atoms with E-state index in [0.29, 0.717) is 17.2 Å². The minimum atomic E-state index is -0.408. The SMILES string of the molecule is Cc1ccc(OCC(O)C2CC2)cc1F. The van der Waals surface area contributed by atoms with Crippen LogP contribution in [0.5, 0.6) is 5.75 Å². The van der Waals surface area contributed by atoms with Crippen LogP contribution in [0.4, 0.5) is 4.39 Å². The number of halogens is 1. The van der Waals surface area contributed by atoms with E-state index in [1.807, 2.05) is 0 Å². The molecule has 82 valence electrons. The zero-order chi connectivity index (χ0) is 10.8. The van der Waals surface area contributed by atoms with Crippen LogP contribution in [-0.2, 0) is 0 Å². The van der Waals surface area contributed by atoms with Crippen LogP contribution in [0.3, 0.4) is 0 Å². The van der Waals surface area contributed by atoms with Gasteiger partial charge >= 0.3 is 0 Å². The van der Waals surface area contributed by atoms with Crippen molar-refractivity contribution in [3.63, 3.8) is 0 Å². The molecule has 1 aromatic carbocycles. The van der Waals surface area contributed by atoms with Crippen LogP contribution in [0, 0.1) is 18.7 Å². The van der Waals surface area contributed by atoms with E-state index >= 15 is 0 Å². The largest absolute Gasteiger partial charge is 0.491 e. The van der Waals surface area contributed by atoms with E-state index in [4.69, 9.17) is 4.74 Å². The fraction of sp³-hybridized carbons (Fsp3) is 0.500. The Bertz CT molecular complexity index is 347. The van der Waals surface area contributed by atoms with E-state index < -0.39 is 6.10 Å². The summed E-state index contributed by atoms with van der Waals surface area (Å²) in [6, 6.07) is 4.75. The van der Waals surface area contributed by atoms with Crippen LogP contribution in [0.2, 0.25) is 0 Å². The molecule has 1 atom stereocenters. The maximum Gasteiger partial charge on any atom is 0.129 e. The second kappa shape index (κ2) is 4.19. The quantitative estimate of drug-likeness (QED) is 0.826. The van der Waals surface area contributed by atoms with Gasteiger partial charge in [-0.1, -0.05) is 6.07 Å². The lowest BCUT2D eigenvalue weighted by Gasteiger charge is -2.11. The molecule has 0 spiro atoms. The van der Waals surface area contributed by atoms with Gasteiger partial charge in [0.25, 0.3) is 0 Å². The number of hydrogen-bond donors (Lipinski definition) is 1. The molecule has 0 bridgehead atoms. The van der Waals surface area contributed by atoms with Gasteiger partial charge in [0.05, 0.1) is 6.10 Å². The van der Waals surface area contributed by atoms with Crippen LogP contribution in [0.1, 0.15) is 18.4 Å². The van der Waals surface area contributed by atoms with E-state index in [9.17, 15) is 9.50 Å². The molecule has 15 heavy (non-hydrogen) atoms. The van der Waals surface area contributed by atoms with Gasteiger partial charge in [0.2, 0.25) is 0 Å². The second-order valence-corrected chi connectivity index (χ2v) is 4.13. The molecule has 1 N–H and O–H groups in total. The Morgan fingerprint density at radius 3 is 2.87 bits per heavy atom. The Balaban J connectivity index is 1.89. The third kappa shape index (κ3) is 2.69. The molecule has 0 radical (unpaired) electrons. The lowest BCUT2D eigenvalue weighted by atomic mass is 10.2. The van der Waals surface area contributed by atoms with Gasteiger partial charge < -0.3 is 9.84 Å². The zero-order valence-electron chi connectivity index (χ0n) is 8.74. The monoisotopic (exact) mass is 210 g/mol. The molecule has 2 nitrogen and oxygen atoms in total. The van der Waals surface area contributed by atoms with E-state index in [0.717, 1.165) is 12.8 Å². The Kier molecular flexibility index (Phi) is 2.91. The molecule has 0 amide bonds. The number of rotatable bonds is 4. The van der Waals surface area contributed by atoms with Gasteiger partial charge in [0.15, 0.2) is 0 Å². The number of hydrogen-bond acceptors (Lipinski definition) is 2. The Labute approximate surface area is 88.7 Å². The average Bonchev–Trinajstić information content (AvgIpc) is 3.03. The molecule has 1 aliphatic rings. The predicted octanol–water partition coefficient (Wildman–Crippen LogP) is 2.28. The van der Waals surface area contributed by atoms with Crippen LogP contribution in [0.15, 0.2) is 18.2 Å². The fourth-order valence-electron chi connectivity index (χ4n) is 1.46. The highest BCUT2D eigenvalue weighted by molar-refractivity contribution is 5.27. The van der Waals surface area contributed by atoms with Gasteiger partial charge in [-0.3, -0.25) is 0 Å². The van der Waals surface area contributed by atoms with Crippen LogP contribution >= 0.6 is 0 Å². The zero-order valence-corrected chi connectivity index (χ0v) is 8.74. The smallest absolute Gasteiger partial charge is 0.129 e. The standard InChI is InChI=1S/C12H15FO2/c1-8-2-5-10(6-11(8)13)15-7-12(14)9-3-4-9/h2,5-6,9,12,14H,3-4,7H2,1H3. The number of ether oxygens (including phenoxy) is 1. The average molecular weight is 210 g/mol. The van der Waals surface area contributed by atoms with Crippen LogP contribution in [0.25, 0.3) is 0 Å². The highest BCUT2D eigenvalue weighted by atomic mass is 19.1. The highest BCUT2D eigenvalue weighted by Gasteiger charge is 2.29. The molecule has 2 rings (SSSR count). The number of aliphatic hydroxyl groups excluding tert-OH is 1. The molecular weight excluding hydrogens is 195 g/mol. The second-order valence-electron chi connectivity index (χ2n) is 4.13. The van der Waals surface area contributed by atoms with Crippen LogP contribution in [-0.4, -0.2) is 17.8 Å². The van der Waals surface area contributed by atoms with E-state index in [1.54, 1.807) is 19.1 Å². The van der Waals surface area contributed by atoms with Gasteiger partial charge in [-0.15, -0.1) is 0 Å². The molecule has 1 fully saturated rings. The van der Waals surface area contributed by atoms with Crippen molar-refractivity contribution in [1.29, 1.82) is 0 Å². The third-order valence-corrected chi connectivity index (χ3v) is 2.73. The van der Waals surface area contributed by atoms with Gasteiger partial charge in [0, 0.05) is 6.07 Å². The molecule has 1 aromatic rings. The van der Waals surface area contributed by atoms with Crippen molar-refractivity contribution in [3.8, 4) is 5.75 Å². The molecule has 1 aliphatic carbocycles. The number of aryl methyl sites for hydroxylation is 1. The van der Waals surface area contributed by atoms with Crippen molar-refractivity contribution in [2.24, 2.45) is 5.92 Å². The summed E-state index contributed by atoms with van der Waals surface area (Å²) in [5.74, 6) is 0.603. The molecule has 0 aliphatic heterocycles.